The van der Waals surface area contributed by atoms with E-state index in [-0.39, 0.29) is 0 Å². The number of rotatable bonds is 4. The third kappa shape index (κ3) is 2.34. The van der Waals surface area contributed by atoms with E-state index in [4.69, 9.17) is 15.2 Å². The van der Waals surface area contributed by atoms with E-state index in [0.29, 0.717) is 17.5 Å². The van der Waals surface area contributed by atoms with E-state index in [1.165, 1.54) is 31.8 Å². The van der Waals surface area contributed by atoms with E-state index in [1.807, 2.05) is 5.38 Å². The molecular formula is C10H12N4O2S. The molecule has 0 fully saturated rings. The molecule has 2 rings (SSSR count). The number of ether oxygens (including phenoxy) is 2. The largest absolute Gasteiger partial charge is 0.480 e. The minimum Gasteiger partial charge on any atom is -0.480 e. The van der Waals surface area contributed by atoms with Crippen LogP contribution in [0.3, 0.4) is 0 Å². The Balaban J connectivity index is 2.38. The monoisotopic (exact) mass is 252 g/mol. The van der Waals surface area contributed by atoms with Crippen LogP contribution in [0.2, 0.25) is 0 Å². The molecule has 0 aromatic carbocycles. The summed E-state index contributed by atoms with van der Waals surface area (Å²) < 4.78 is 10.1. The highest BCUT2D eigenvalue weighted by Gasteiger charge is 2.19. The first-order valence-corrected chi connectivity index (χ1v) is 5.79. The number of hydrogen-bond donors (Lipinski definition) is 1. The predicted octanol–water partition coefficient (Wildman–Crippen LogP) is 0.998. The van der Waals surface area contributed by atoms with Crippen LogP contribution >= 0.6 is 11.3 Å². The lowest BCUT2D eigenvalue weighted by molar-refractivity contribution is 0.355. The van der Waals surface area contributed by atoms with Crippen LogP contribution < -0.4 is 15.2 Å². The molecule has 2 aromatic heterocycles. The van der Waals surface area contributed by atoms with Gasteiger partial charge in [-0.15, -0.1) is 11.3 Å². The van der Waals surface area contributed by atoms with Gasteiger partial charge in [0.25, 0.3) is 0 Å². The molecule has 0 aliphatic heterocycles. The number of thiazole rings is 1. The van der Waals surface area contributed by atoms with Gasteiger partial charge in [0.05, 0.1) is 37.7 Å². The Kier molecular flexibility index (Phi) is 3.50. The zero-order chi connectivity index (χ0) is 12.3. The maximum absolute atomic E-state index is 6.05. The van der Waals surface area contributed by atoms with Gasteiger partial charge in [0, 0.05) is 5.38 Å². The second-order valence-electron chi connectivity index (χ2n) is 3.20. The average Bonchev–Trinajstić information content (AvgIpc) is 2.91. The number of aromatic nitrogens is 3. The minimum atomic E-state index is -0.449. The molecule has 0 saturated carbocycles. The first kappa shape index (κ1) is 11.7. The van der Waals surface area contributed by atoms with Crippen molar-refractivity contribution in [3.05, 3.63) is 28.5 Å². The van der Waals surface area contributed by atoms with Crippen molar-refractivity contribution in [2.24, 2.45) is 5.73 Å². The van der Waals surface area contributed by atoms with Crippen LogP contribution in [-0.2, 0) is 0 Å². The van der Waals surface area contributed by atoms with Crippen molar-refractivity contribution in [2.75, 3.05) is 14.2 Å². The molecule has 6 nitrogen and oxygen atoms in total. The molecule has 2 heterocycles. The summed E-state index contributed by atoms with van der Waals surface area (Å²) in [6.07, 6.45) is 1.50. The average molecular weight is 252 g/mol. The van der Waals surface area contributed by atoms with Crippen molar-refractivity contribution in [3.63, 3.8) is 0 Å². The predicted molar refractivity (Wildman–Crippen MR) is 63.3 cm³/mol. The van der Waals surface area contributed by atoms with Crippen molar-refractivity contribution in [1.29, 1.82) is 0 Å². The molecule has 0 radical (unpaired) electrons. The summed E-state index contributed by atoms with van der Waals surface area (Å²) in [7, 11) is 3.03. The molecule has 0 spiro atoms. The van der Waals surface area contributed by atoms with Crippen molar-refractivity contribution >= 4 is 11.3 Å². The van der Waals surface area contributed by atoms with Crippen molar-refractivity contribution in [1.82, 2.24) is 15.0 Å². The summed E-state index contributed by atoms with van der Waals surface area (Å²) >= 11 is 1.48. The fraction of sp³-hybridized carbons (Fsp3) is 0.300. The van der Waals surface area contributed by atoms with E-state index in [9.17, 15) is 0 Å². The highest BCUT2D eigenvalue weighted by Crippen LogP contribution is 2.26. The Morgan fingerprint density at radius 2 is 2.12 bits per heavy atom. The molecule has 0 bridgehead atoms. The lowest BCUT2D eigenvalue weighted by atomic mass is 10.2. The summed E-state index contributed by atoms with van der Waals surface area (Å²) in [4.78, 5) is 12.5. The van der Waals surface area contributed by atoms with Crippen LogP contribution in [0.25, 0.3) is 0 Å². The van der Waals surface area contributed by atoms with Crippen molar-refractivity contribution in [2.45, 2.75) is 6.04 Å². The summed E-state index contributed by atoms with van der Waals surface area (Å²) in [5, 5.41) is 1.87. The quantitative estimate of drug-likeness (QED) is 0.874. The van der Waals surface area contributed by atoms with E-state index >= 15 is 0 Å². The third-order valence-corrected chi connectivity index (χ3v) is 2.82. The van der Waals surface area contributed by atoms with Gasteiger partial charge in [-0.05, 0) is 0 Å². The summed E-state index contributed by atoms with van der Waals surface area (Å²) in [6, 6.07) is -0.449. The molecule has 0 amide bonds. The fourth-order valence-corrected chi connectivity index (χ4v) is 1.93. The number of hydrogen-bond acceptors (Lipinski definition) is 7. The standard InChI is InChI=1S/C10H12N4O2S/c1-15-7-3-12-9(10(14-7)16-2)8(11)6-4-17-5-13-6/h3-5,8H,11H2,1-2H3. The minimum absolute atomic E-state index is 0.352. The number of methoxy groups -OCH3 is 2. The Morgan fingerprint density at radius 1 is 1.29 bits per heavy atom. The van der Waals surface area contributed by atoms with Crippen LogP contribution in [0.4, 0.5) is 0 Å². The fourth-order valence-electron chi connectivity index (χ4n) is 1.34. The molecule has 1 atom stereocenters. The van der Waals surface area contributed by atoms with E-state index in [2.05, 4.69) is 15.0 Å². The SMILES string of the molecule is COc1cnc(C(N)c2cscn2)c(OC)n1. The van der Waals surface area contributed by atoms with Crippen LogP contribution in [-0.4, -0.2) is 29.2 Å². The van der Waals surface area contributed by atoms with E-state index < -0.39 is 6.04 Å². The summed E-state index contributed by atoms with van der Waals surface area (Å²) in [5.74, 6) is 0.737. The van der Waals surface area contributed by atoms with Gasteiger partial charge in [-0.1, -0.05) is 0 Å². The van der Waals surface area contributed by atoms with Gasteiger partial charge in [0.1, 0.15) is 5.69 Å². The smallest absolute Gasteiger partial charge is 0.240 e. The zero-order valence-electron chi connectivity index (χ0n) is 9.45. The zero-order valence-corrected chi connectivity index (χ0v) is 10.3. The van der Waals surface area contributed by atoms with Gasteiger partial charge in [0.15, 0.2) is 0 Å². The normalized spacial score (nSPS) is 12.2. The molecule has 2 N–H and O–H groups in total. The lowest BCUT2D eigenvalue weighted by Crippen LogP contribution is -2.16. The van der Waals surface area contributed by atoms with Crippen LogP contribution in [0.1, 0.15) is 17.4 Å². The molecule has 1 unspecified atom stereocenters. The van der Waals surface area contributed by atoms with Crippen molar-refractivity contribution < 1.29 is 9.47 Å². The molecule has 7 heteroatoms. The molecule has 0 saturated heterocycles. The maximum atomic E-state index is 6.05. The lowest BCUT2D eigenvalue weighted by Gasteiger charge is -2.12. The Hall–Kier alpha value is -1.73. The van der Waals surface area contributed by atoms with Gasteiger partial charge in [0.2, 0.25) is 11.8 Å². The van der Waals surface area contributed by atoms with Crippen molar-refractivity contribution in [3.8, 4) is 11.8 Å². The highest BCUT2D eigenvalue weighted by atomic mass is 32.1. The van der Waals surface area contributed by atoms with Gasteiger partial charge < -0.3 is 15.2 Å². The maximum Gasteiger partial charge on any atom is 0.240 e. The van der Waals surface area contributed by atoms with E-state index in [1.54, 1.807) is 5.51 Å². The first-order chi connectivity index (χ1) is 8.26. The molecule has 2 aromatic rings. The summed E-state index contributed by atoms with van der Waals surface area (Å²) in [5.41, 5.74) is 9.05. The molecule has 0 aliphatic carbocycles. The van der Waals surface area contributed by atoms with Crippen LogP contribution in [0.15, 0.2) is 17.1 Å². The number of nitrogens with two attached hydrogens (primary N) is 1. The summed E-state index contributed by atoms with van der Waals surface area (Å²) in [6.45, 7) is 0. The molecular weight excluding hydrogens is 240 g/mol. The van der Waals surface area contributed by atoms with Gasteiger partial charge >= 0.3 is 0 Å². The van der Waals surface area contributed by atoms with Gasteiger partial charge in [-0.3, -0.25) is 0 Å². The van der Waals surface area contributed by atoms with Gasteiger partial charge in [-0.2, -0.15) is 4.98 Å². The van der Waals surface area contributed by atoms with Crippen LogP contribution in [0, 0.1) is 0 Å². The molecule has 0 aliphatic rings. The Bertz CT molecular complexity index is 489. The third-order valence-electron chi connectivity index (χ3n) is 2.21. The molecule has 17 heavy (non-hydrogen) atoms. The first-order valence-electron chi connectivity index (χ1n) is 4.85. The Morgan fingerprint density at radius 3 is 2.71 bits per heavy atom. The second-order valence-corrected chi connectivity index (χ2v) is 3.92. The number of nitrogens with zero attached hydrogens (tertiary/aromatic N) is 3. The van der Waals surface area contributed by atoms with E-state index in [0.717, 1.165) is 5.69 Å². The van der Waals surface area contributed by atoms with Crippen LogP contribution in [0.5, 0.6) is 11.8 Å². The highest BCUT2D eigenvalue weighted by molar-refractivity contribution is 7.07. The molecule has 90 valence electrons. The van der Waals surface area contributed by atoms with Gasteiger partial charge in [-0.25, -0.2) is 9.97 Å². The topological polar surface area (TPSA) is 83.2 Å². The Labute approximate surface area is 102 Å². The second kappa shape index (κ2) is 5.07.